The van der Waals surface area contributed by atoms with Crippen LogP contribution in [-0.4, -0.2) is 49.1 Å². The summed E-state index contributed by atoms with van der Waals surface area (Å²) < 4.78 is 54.9. The van der Waals surface area contributed by atoms with Crippen molar-refractivity contribution in [1.29, 1.82) is 0 Å². The van der Waals surface area contributed by atoms with Crippen molar-refractivity contribution in [2.75, 3.05) is 25.0 Å². The number of anilines is 1. The molecule has 0 spiro atoms. The van der Waals surface area contributed by atoms with Crippen LogP contribution in [0.1, 0.15) is 41.4 Å². The minimum atomic E-state index is -3.72. The van der Waals surface area contributed by atoms with Crippen LogP contribution < -0.4 is 5.32 Å². The van der Waals surface area contributed by atoms with Crippen LogP contribution in [0.4, 0.5) is 14.5 Å². The lowest BCUT2D eigenvalue weighted by Crippen LogP contribution is -2.39. The topological polar surface area (TPSA) is 86.8 Å². The van der Waals surface area contributed by atoms with Gasteiger partial charge in [0.05, 0.1) is 10.9 Å². The Labute approximate surface area is 208 Å². The Morgan fingerprint density at radius 1 is 0.972 bits per heavy atom. The highest BCUT2D eigenvalue weighted by Gasteiger charge is 2.34. The monoisotopic (exact) mass is 513 g/mol. The molecule has 0 saturated carbocycles. The third-order valence-electron chi connectivity index (χ3n) is 6.10. The van der Waals surface area contributed by atoms with Gasteiger partial charge < -0.3 is 10.2 Å². The fourth-order valence-electron chi connectivity index (χ4n) is 4.32. The minimum absolute atomic E-state index is 0.0406. The van der Waals surface area contributed by atoms with Crippen LogP contribution in [-0.2, 0) is 14.8 Å². The zero-order valence-electron chi connectivity index (χ0n) is 19.7. The molecular formula is C26H25F2N3O4S. The third-order valence-corrected chi connectivity index (χ3v) is 8.16. The highest BCUT2D eigenvalue weighted by molar-refractivity contribution is 7.89. The minimum Gasteiger partial charge on any atom is -0.324 e. The Kier molecular flexibility index (Phi) is 7.18. The second-order valence-corrected chi connectivity index (χ2v) is 10.2. The lowest BCUT2D eigenvalue weighted by Gasteiger charge is -2.30. The second kappa shape index (κ2) is 10.2. The molecule has 3 aromatic carbocycles. The van der Waals surface area contributed by atoms with E-state index in [-0.39, 0.29) is 17.0 Å². The number of rotatable bonds is 6. The number of nitrogens with zero attached hydrogens (tertiary/aromatic N) is 2. The van der Waals surface area contributed by atoms with Crippen LogP contribution in [0.15, 0.2) is 71.6 Å². The summed E-state index contributed by atoms with van der Waals surface area (Å²) in [5, 5.41) is 2.69. The highest BCUT2D eigenvalue weighted by Crippen LogP contribution is 2.37. The standard InChI is InChI=1S/C26H25F2N3O4S/c1-3-30(4-2)36(34,35)21-12-7-18(8-13-21)26(33)31-16-24(32)29-23-14-11-20(28)15-22(23)25(31)17-5-9-19(27)10-6-17/h5-15,25H,3-4,16H2,1-2H3,(H,29,32)/t25-/m0/s1. The summed E-state index contributed by atoms with van der Waals surface area (Å²) >= 11 is 0. The van der Waals surface area contributed by atoms with E-state index in [4.69, 9.17) is 0 Å². The number of benzene rings is 3. The maximum atomic E-state index is 14.3. The highest BCUT2D eigenvalue weighted by atomic mass is 32.2. The number of hydrogen-bond donors (Lipinski definition) is 1. The molecule has 0 radical (unpaired) electrons. The molecule has 0 aromatic heterocycles. The van der Waals surface area contributed by atoms with E-state index in [1.165, 1.54) is 75.9 Å². The average Bonchev–Trinajstić information content (AvgIpc) is 3.00. The number of sulfonamides is 1. The molecule has 36 heavy (non-hydrogen) atoms. The Bertz CT molecular complexity index is 1390. The number of fused-ring (bicyclic) bond motifs is 1. The van der Waals surface area contributed by atoms with Gasteiger partial charge in [0.1, 0.15) is 18.2 Å². The molecule has 0 saturated heterocycles. The molecule has 1 atom stereocenters. The van der Waals surface area contributed by atoms with Gasteiger partial charge in [0, 0.05) is 29.9 Å². The van der Waals surface area contributed by atoms with Gasteiger partial charge >= 0.3 is 0 Å². The first-order chi connectivity index (χ1) is 17.1. The molecule has 0 aliphatic carbocycles. The van der Waals surface area contributed by atoms with Crippen LogP contribution >= 0.6 is 0 Å². The predicted molar refractivity (Wildman–Crippen MR) is 131 cm³/mol. The summed E-state index contributed by atoms with van der Waals surface area (Å²) in [6.45, 7) is 3.73. The van der Waals surface area contributed by atoms with Crippen LogP contribution in [0.2, 0.25) is 0 Å². The largest absolute Gasteiger partial charge is 0.324 e. The van der Waals surface area contributed by atoms with Crippen LogP contribution in [0, 0.1) is 11.6 Å². The Balaban J connectivity index is 1.78. The molecule has 1 N–H and O–H groups in total. The van der Waals surface area contributed by atoms with E-state index >= 15 is 0 Å². The summed E-state index contributed by atoms with van der Waals surface area (Å²) in [5.41, 5.74) is 1.30. The number of nitrogens with one attached hydrogen (secondary N) is 1. The molecule has 0 bridgehead atoms. The number of halogens is 2. The smallest absolute Gasteiger partial charge is 0.255 e. The molecule has 1 aliphatic rings. The van der Waals surface area contributed by atoms with Crippen molar-refractivity contribution in [3.05, 3.63) is 95.1 Å². The first-order valence-corrected chi connectivity index (χ1v) is 12.9. The molecule has 1 aliphatic heterocycles. The molecule has 7 nitrogen and oxygen atoms in total. The summed E-state index contributed by atoms with van der Waals surface area (Å²) in [6.07, 6.45) is 0. The average molecular weight is 514 g/mol. The molecule has 3 aromatic rings. The maximum absolute atomic E-state index is 14.3. The molecule has 10 heteroatoms. The predicted octanol–water partition coefficient (Wildman–Crippen LogP) is 4.18. The third kappa shape index (κ3) is 4.87. The van der Waals surface area contributed by atoms with Crippen molar-refractivity contribution in [2.24, 2.45) is 0 Å². The van der Waals surface area contributed by atoms with Gasteiger partial charge in [0.25, 0.3) is 5.91 Å². The van der Waals surface area contributed by atoms with E-state index in [1.807, 2.05) is 0 Å². The second-order valence-electron chi connectivity index (χ2n) is 8.28. The summed E-state index contributed by atoms with van der Waals surface area (Å²) in [7, 11) is -3.72. The molecule has 0 unspecified atom stereocenters. The molecule has 0 fully saturated rings. The van der Waals surface area contributed by atoms with E-state index in [0.717, 1.165) is 0 Å². The normalized spacial score (nSPS) is 15.9. The van der Waals surface area contributed by atoms with Gasteiger partial charge in [0.15, 0.2) is 0 Å². The van der Waals surface area contributed by atoms with Crippen molar-refractivity contribution in [3.63, 3.8) is 0 Å². The molecule has 1 heterocycles. The Morgan fingerprint density at radius 3 is 2.19 bits per heavy atom. The Morgan fingerprint density at radius 2 is 1.58 bits per heavy atom. The lowest BCUT2D eigenvalue weighted by atomic mass is 9.95. The molecule has 2 amide bonds. The molecule has 188 valence electrons. The zero-order valence-corrected chi connectivity index (χ0v) is 20.6. The van der Waals surface area contributed by atoms with Crippen LogP contribution in [0.25, 0.3) is 0 Å². The first-order valence-electron chi connectivity index (χ1n) is 11.4. The van der Waals surface area contributed by atoms with E-state index in [1.54, 1.807) is 13.8 Å². The van der Waals surface area contributed by atoms with E-state index in [2.05, 4.69) is 5.32 Å². The van der Waals surface area contributed by atoms with Crippen molar-refractivity contribution < 1.29 is 26.8 Å². The lowest BCUT2D eigenvalue weighted by molar-refractivity contribution is -0.117. The van der Waals surface area contributed by atoms with Gasteiger partial charge in [-0.25, -0.2) is 17.2 Å². The van der Waals surface area contributed by atoms with E-state index in [0.29, 0.717) is 29.9 Å². The summed E-state index contributed by atoms with van der Waals surface area (Å²) in [5.74, 6) is -2.09. The Hall–Kier alpha value is -3.63. The van der Waals surface area contributed by atoms with Crippen molar-refractivity contribution in [3.8, 4) is 0 Å². The number of carbonyl (C=O) groups is 2. The zero-order chi connectivity index (χ0) is 26.0. The van der Waals surface area contributed by atoms with Gasteiger partial charge in [-0.2, -0.15) is 4.31 Å². The molecule has 4 rings (SSSR count). The SMILES string of the molecule is CCN(CC)S(=O)(=O)c1ccc(C(=O)N2CC(=O)Nc3ccc(F)cc3[C@@H]2c2ccc(F)cc2)cc1. The fourth-order valence-corrected chi connectivity index (χ4v) is 5.78. The van der Waals surface area contributed by atoms with Crippen molar-refractivity contribution in [1.82, 2.24) is 9.21 Å². The number of hydrogen-bond acceptors (Lipinski definition) is 4. The summed E-state index contributed by atoms with van der Waals surface area (Å²) in [6, 6.07) is 13.8. The quantitative estimate of drug-likeness (QED) is 0.536. The van der Waals surface area contributed by atoms with E-state index in [9.17, 15) is 26.8 Å². The van der Waals surface area contributed by atoms with E-state index < -0.39 is 39.5 Å². The maximum Gasteiger partial charge on any atom is 0.255 e. The van der Waals surface area contributed by atoms with Crippen molar-refractivity contribution >= 4 is 27.5 Å². The fraction of sp³-hybridized carbons (Fsp3) is 0.231. The summed E-state index contributed by atoms with van der Waals surface area (Å²) in [4.78, 5) is 27.7. The van der Waals surface area contributed by atoms with Gasteiger partial charge in [-0.15, -0.1) is 0 Å². The number of carbonyl (C=O) groups excluding carboxylic acids is 2. The number of amides is 2. The van der Waals surface area contributed by atoms with Crippen LogP contribution in [0.3, 0.4) is 0 Å². The van der Waals surface area contributed by atoms with Crippen molar-refractivity contribution in [2.45, 2.75) is 24.8 Å². The van der Waals surface area contributed by atoms with Gasteiger partial charge in [0.2, 0.25) is 15.9 Å². The van der Waals surface area contributed by atoms with Gasteiger partial charge in [-0.05, 0) is 60.2 Å². The van der Waals surface area contributed by atoms with Gasteiger partial charge in [-0.3, -0.25) is 9.59 Å². The first kappa shape index (κ1) is 25.5. The molecular weight excluding hydrogens is 488 g/mol. The van der Waals surface area contributed by atoms with Crippen LogP contribution in [0.5, 0.6) is 0 Å². The van der Waals surface area contributed by atoms with Gasteiger partial charge in [-0.1, -0.05) is 26.0 Å².